The zero-order valence-electron chi connectivity index (χ0n) is 9.48. The van der Waals surface area contributed by atoms with Gasteiger partial charge in [0.1, 0.15) is 0 Å². The van der Waals surface area contributed by atoms with Crippen LogP contribution in [0.3, 0.4) is 0 Å². The number of amides is 1. The van der Waals surface area contributed by atoms with Crippen LogP contribution in [0.2, 0.25) is 0 Å². The van der Waals surface area contributed by atoms with Crippen LogP contribution in [-0.2, 0) is 16.0 Å². The van der Waals surface area contributed by atoms with E-state index in [9.17, 15) is 9.59 Å². The van der Waals surface area contributed by atoms with Gasteiger partial charge in [0, 0.05) is 12.1 Å². The summed E-state index contributed by atoms with van der Waals surface area (Å²) in [5.41, 5.74) is 6.46. The Morgan fingerprint density at radius 2 is 2.00 bits per heavy atom. The van der Waals surface area contributed by atoms with Gasteiger partial charge >= 0.3 is 5.97 Å². The normalized spacial score (nSPS) is 9.94. The van der Waals surface area contributed by atoms with Gasteiger partial charge in [0.15, 0.2) is 0 Å². The molecule has 0 saturated carbocycles. The van der Waals surface area contributed by atoms with E-state index in [1.165, 1.54) is 0 Å². The molecule has 1 amide bonds. The molecule has 1 aromatic carbocycles. The first-order chi connectivity index (χ1) is 8.13. The third-order valence-electron chi connectivity index (χ3n) is 2.24. The summed E-state index contributed by atoms with van der Waals surface area (Å²) in [4.78, 5) is 22.1. The molecule has 0 atom stereocenters. The van der Waals surface area contributed by atoms with Crippen LogP contribution in [0.5, 0.6) is 0 Å². The molecule has 0 bridgehead atoms. The molecule has 0 aliphatic heterocycles. The van der Waals surface area contributed by atoms with Crippen molar-refractivity contribution in [1.82, 2.24) is 0 Å². The lowest BCUT2D eigenvalue weighted by molar-refractivity contribution is -0.136. The number of hydrogen-bond donors (Lipinski definition) is 3. The van der Waals surface area contributed by atoms with Gasteiger partial charge in [-0.3, -0.25) is 9.59 Å². The standard InChI is InChI=1S/C12H16N2O3/c13-7-3-6-11(15)14-10-5-2-1-4-9(10)8-12(16)17/h1-2,4-5H,3,6-8,13H2,(H,14,15)(H,16,17). The SMILES string of the molecule is NCCCC(=O)Nc1ccccc1CC(=O)O. The highest BCUT2D eigenvalue weighted by molar-refractivity contribution is 5.92. The highest BCUT2D eigenvalue weighted by atomic mass is 16.4. The maximum absolute atomic E-state index is 11.5. The van der Waals surface area contributed by atoms with Gasteiger partial charge in [-0.25, -0.2) is 0 Å². The van der Waals surface area contributed by atoms with Gasteiger partial charge < -0.3 is 16.2 Å². The second kappa shape index (κ2) is 6.65. The van der Waals surface area contributed by atoms with Gasteiger partial charge in [-0.1, -0.05) is 18.2 Å². The molecule has 0 radical (unpaired) electrons. The molecule has 5 heteroatoms. The van der Waals surface area contributed by atoms with E-state index in [4.69, 9.17) is 10.8 Å². The lowest BCUT2D eigenvalue weighted by Crippen LogP contribution is -2.15. The molecule has 0 spiro atoms. The van der Waals surface area contributed by atoms with Gasteiger partial charge in [0.05, 0.1) is 6.42 Å². The summed E-state index contributed by atoms with van der Waals surface area (Å²) >= 11 is 0. The molecule has 0 saturated heterocycles. The molecule has 0 aliphatic carbocycles. The Balaban J connectivity index is 2.69. The number of hydrogen-bond acceptors (Lipinski definition) is 3. The number of anilines is 1. The fraction of sp³-hybridized carbons (Fsp3) is 0.333. The zero-order chi connectivity index (χ0) is 12.7. The minimum absolute atomic E-state index is 0.104. The Bertz CT molecular complexity index is 404. The Morgan fingerprint density at radius 1 is 1.29 bits per heavy atom. The first-order valence-corrected chi connectivity index (χ1v) is 5.43. The van der Waals surface area contributed by atoms with E-state index in [2.05, 4.69) is 5.32 Å². The van der Waals surface area contributed by atoms with Crippen molar-refractivity contribution in [2.75, 3.05) is 11.9 Å². The number of carbonyl (C=O) groups excluding carboxylic acids is 1. The topological polar surface area (TPSA) is 92.4 Å². The Labute approximate surface area is 99.6 Å². The number of rotatable bonds is 6. The van der Waals surface area contributed by atoms with Crippen molar-refractivity contribution in [3.8, 4) is 0 Å². The van der Waals surface area contributed by atoms with Crippen molar-refractivity contribution in [3.05, 3.63) is 29.8 Å². The predicted octanol–water partition coefficient (Wildman–Crippen LogP) is 0.991. The van der Waals surface area contributed by atoms with E-state index in [-0.39, 0.29) is 12.3 Å². The van der Waals surface area contributed by atoms with Crippen molar-refractivity contribution in [2.24, 2.45) is 5.73 Å². The van der Waals surface area contributed by atoms with Crippen molar-refractivity contribution in [2.45, 2.75) is 19.3 Å². The second-order valence-electron chi connectivity index (χ2n) is 3.67. The Kier molecular flexibility index (Phi) is 5.16. The number of benzene rings is 1. The van der Waals surface area contributed by atoms with Gasteiger partial charge in [-0.15, -0.1) is 0 Å². The van der Waals surface area contributed by atoms with Crippen LogP contribution in [0.25, 0.3) is 0 Å². The summed E-state index contributed by atoms with van der Waals surface area (Å²) in [7, 11) is 0. The predicted molar refractivity (Wildman–Crippen MR) is 64.7 cm³/mol. The van der Waals surface area contributed by atoms with Crippen molar-refractivity contribution >= 4 is 17.6 Å². The fourth-order valence-electron chi connectivity index (χ4n) is 1.43. The molecule has 17 heavy (non-hydrogen) atoms. The average molecular weight is 236 g/mol. The smallest absolute Gasteiger partial charge is 0.307 e. The molecule has 1 aromatic rings. The maximum Gasteiger partial charge on any atom is 0.307 e. The highest BCUT2D eigenvalue weighted by Crippen LogP contribution is 2.16. The minimum atomic E-state index is -0.923. The summed E-state index contributed by atoms with van der Waals surface area (Å²) in [6.07, 6.45) is 0.859. The van der Waals surface area contributed by atoms with Crippen LogP contribution in [0, 0.1) is 0 Å². The number of nitrogens with two attached hydrogens (primary N) is 1. The first kappa shape index (κ1) is 13.2. The van der Waals surface area contributed by atoms with Crippen molar-refractivity contribution in [1.29, 1.82) is 0 Å². The lowest BCUT2D eigenvalue weighted by Gasteiger charge is -2.09. The molecule has 0 heterocycles. The Hall–Kier alpha value is -1.88. The van der Waals surface area contributed by atoms with Crippen LogP contribution in [0.4, 0.5) is 5.69 Å². The average Bonchev–Trinajstić information content (AvgIpc) is 2.28. The van der Waals surface area contributed by atoms with Crippen LogP contribution in [0.15, 0.2) is 24.3 Å². The molecule has 0 aliphatic rings. The monoisotopic (exact) mass is 236 g/mol. The largest absolute Gasteiger partial charge is 0.481 e. The number of carboxylic acids is 1. The second-order valence-corrected chi connectivity index (χ2v) is 3.67. The van der Waals surface area contributed by atoms with E-state index in [0.717, 1.165) is 0 Å². The van der Waals surface area contributed by atoms with Crippen LogP contribution in [-0.4, -0.2) is 23.5 Å². The van der Waals surface area contributed by atoms with Crippen LogP contribution >= 0.6 is 0 Å². The third-order valence-corrected chi connectivity index (χ3v) is 2.24. The van der Waals surface area contributed by atoms with Gasteiger partial charge in [-0.2, -0.15) is 0 Å². The number of aliphatic carboxylic acids is 1. The van der Waals surface area contributed by atoms with Crippen molar-refractivity contribution in [3.63, 3.8) is 0 Å². The molecule has 1 rings (SSSR count). The zero-order valence-corrected chi connectivity index (χ0v) is 9.48. The summed E-state index contributed by atoms with van der Waals surface area (Å²) in [5.74, 6) is -1.07. The van der Waals surface area contributed by atoms with Gasteiger partial charge in [-0.05, 0) is 24.6 Å². The number of nitrogens with one attached hydrogen (secondary N) is 1. The lowest BCUT2D eigenvalue weighted by atomic mass is 10.1. The first-order valence-electron chi connectivity index (χ1n) is 5.43. The maximum atomic E-state index is 11.5. The van der Waals surface area contributed by atoms with E-state index < -0.39 is 5.97 Å². The van der Waals surface area contributed by atoms with Crippen molar-refractivity contribution < 1.29 is 14.7 Å². The number of para-hydroxylation sites is 1. The molecule has 92 valence electrons. The van der Waals surface area contributed by atoms with E-state index >= 15 is 0 Å². The minimum Gasteiger partial charge on any atom is -0.481 e. The Morgan fingerprint density at radius 3 is 2.65 bits per heavy atom. The van der Waals surface area contributed by atoms with E-state index in [1.807, 2.05) is 0 Å². The molecule has 4 N–H and O–H groups in total. The van der Waals surface area contributed by atoms with E-state index in [1.54, 1.807) is 24.3 Å². The summed E-state index contributed by atoms with van der Waals surface area (Å²) in [5, 5.41) is 11.4. The van der Waals surface area contributed by atoms with Gasteiger partial charge in [0.2, 0.25) is 5.91 Å². The molecular formula is C12H16N2O3. The quantitative estimate of drug-likeness (QED) is 0.686. The van der Waals surface area contributed by atoms with Crippen LogP contribution in [0.1, 0.15) is 18.4 Å². The fourth-order valence-corrected chi connectivity index (χ4v) is 1.43. The number of carbonyl (C=O) groups is 2. The summed E-state index contributed by atoms with van der Waals surface area (Å²) < 4.78 is 0. The third kappa shape index (κ3) is 4.65. The summed E-state index contributed by atoms with van der Waals surface area (Å²) in [6.45, 7) is 0.462. The number of carboxylic acid groups (broad SMARTS) is 1. The van der Waals surface area contributed by atoms with Crippen LogP contribution < -0.4 is 11.1 Å². The molecule has 0 fully saturated rings. The highest BCUT2D eigenvalue weighted by Gasteiger charge is 2.08. The molecular weight excluding hydrogens is 220 g/mol. The molecule has 0 aromatic heterocycles. The molecule has 5 nitrogen and oxygen atoms in total. The van der Waals surface area contributed by atoms with E-state index in [0.29, 0.717) is 30.6 Å². The summed E-state index contributed by atoms with van der Waals surface area (Å²) in [6, 6.07) is 6.88. The van der Waals surface area contributed by atoms with Gasteiger partial charge in [0.25, 0.3) is 0 Å². The molecule has 0 unspecified atom stereocenters.